The molecule has 4 heteroatoms. The Bertz CT molecular complexity index is 445. The number of nitrogens with two attached hydrogens (primary N) is 1. The summed E-state index contributed by atoms with van der Waals surface area (Å²) in [6.45, 7) is 6.52. The Balaban J connectivity index is 1.88. The monoisotopic (exact) mass is 261 g/mol. The molecule has 0 aliphatic carbocycles. The summed E-state index contributed by atoms with van der Waals surface area (Å²) in [5.74, 6) is -0.0794. The first kappa shape index (κ1) is 14.0. The van der Waals surface area contributed by atoms with Crippen LogP contribution in [0.3, 0.4) is 0 Å². The average Bonchev–Trinajstić information content (AvgIpc) is 2.43. The molecule has 1 aromatic carbocycles. The van der Waals surface area contributed by atoms with Crippen molar-refractivity contribution >= 4 is 5.91 Å². The third-order valence-electron chi connectivity index (χ3n) is 3.77. The van der Waals surface area contributed by atoms with E-state index in [0.29, 0.717) is 12.6 Å². The van der Waals surface area contributed by atoms with Crippen LogP contribution in [0.2, 0.25) is 0 Å². The molecule has 0 saturated heterocycles. The van der Waals surface area contributed by atoms with E-state index in [1.54, 1.807) is 6.92 Å². The number of fused-ring (bicyclic) bond motifs is 1. The van der Waals surface area contributed by atoms with Crippen LogP contribution >= 0.6 is 0 Å². The highest BCUT2D eigenvalue weighted by Crippen LogP contribution is 2.19. The van der Waals surface area contributed by atoms with Crippen LogP contribution < -0.4 is 11.1 Å². The minimum atomic E-state index is -0.436. The molecule has 0 spiro atoms. The second kappa shape index (κ2) is 6.17. The zero-order chi connectivity index (χ0) is 13.8. The molecule has 0 radical (unpaired) electrons. The van der Waals surface area contributed by atoms with Gasteiger partial charge in [-0.3, -0.25) is 9.69 Å². The molecule has 0 bridgehead atoms. The molecule has 4 nitrogen and oxygen atoms in total. The molecule has 2 rings (SSSR count). The van der Waals surface area contributed by atoms with E-state index in [9.17, 15) is 4.79 Å². The number of nitrogens with zero attached hydrogens (tertiary/aromatic N) is 1. The topological polar surface area (TPSA) is 58.4 Å². The Morgan fingerprint density at radius 2 is 2.05 bits per heavy atom. The highest BCUT2D eigenvalue weighted by molar-refractivity contribution is 5.80. The van der Waals surface area contributed by atoms with E-state index >= 15 is 0 Å². The van der Waals surface area contributed by atoms with Crippen LogP contribution in [0.1, 0.15) is 25.0 Å². The van der Waals surface area contributed by atoms with Crippen LogP contribution in [-0.4, -0.2) is 36.0 Å². The molecule has 2 atom stereocenters. The lowest BCUT2D eigenvalue weighted by Gasteiger charge is -2.33. The van der Waals surface area contributed by atoms with E-state index in [1.807, 2.05) is 0 Å². The smallest absolute Gasteiger partial charge is 0.236 e. The minimum absolute atomic E-state index is 0.0794. The Kier molecular flexibility index (Phi) is 4.56. The first-order valence-electron chi connectivity index (χ1n) is 6.92. The average molecular weight is 261 g/mol. The fourth-order valence-corrected chi connectivity index (χ4v) is 2.43. The van der Waals surface area contributed by atoms with E-state index < -0.39 is 6.04 Å². The molecule has 1 aliphatic heterocycles. The van der Waals surface area contributed by atoms with Gasteiger partial charge in [-0.05, 0) is 31.4 Å². The SMILES string of the molecule is CC(N)C(=O)NCC(C)N1CCc2ccccc2C1. The molecule has 0 saturated carbocycles. The largest absolute Gasteiger partial charge is 0.353 e. The van der Waals surface area contributed by atoms with E-state index in [1.165, 1.54) is 11.1 Å². The van der Waals surface area contributed by atoms with Crippen molar-refractivity contribution < 1.29 is 4.79 Å². The molecule has 104 valence electrons. The van der Waals surface area contributed by atoms with Gasteiger partial charge in [0.1, 0.15) is 0 Å². The summed E-state index contributed by atoms with van der Waals surface area (Å²) in [5, 5.41) is 2.90. The summed E-state index contributed by atoms with van der Waals surface area (Å²) in [5.41, 5.74) is 8.39. The van der Waals surface area contributed by atoms with Gasteiger partial charge in [0.05, 0.1) is 6.04 Å². The van der Waals surface area contributed by atoms with E-state index in [2.05, 4.69) is 41.4 Å². The van der Waals surface area contributed by atoms with Crippen molar-refractivity contribution in [1.29, 1.82) is 0 Å². The normalized spacial score (nSPS) is 18.5. The summed E-state index contributed by atoms with van der Waals surface area (Å²) in [6.07, 6.45) is 1.09. The highest BCUT2D eigenvalue weighted by Gasteiger charge is 2.20. The van der Waals surface area contributed by atoms with Crippen molar-refractivity contribution in [2.45, 2.75) is 38.9 Å². The number of hydrogen-bond acceptors (Lipinski definition) is 3. The summed E-state index contributed by atoms with van der Waals surface area (Å²) in [7, 11) is 0. The lowest BCUT2D eigenvalue weighted by Crippen LogP contribution is -2.47. The van der Waals surface area contributed by atoms with E-state index in [4.69, 9.17) is 5.73 Å². The molecule has 1 amide bonds. The maximum absolute atomic E-state index is 11.5. The molecular formula is C15H23N3O. The Labute approximate surface area is 115 Å². The van der Waals surface area contributed by atoms with Gasteiger partial charge < -0.3 is 11.1 Å². The molecule has 1 aromatic rings. The van der Waals surface area contributed by atoms with Gasteiger partial charge in [0.15, 0.2) is 0 Å². The zero-order valence-electron chi connectivity index (χ0n) is 11.7. The van der Waals surface area contributed by atoms with Crippen LogP contribution in [0.15, 0.2) is 24.3 Å². The summed E-state index contributed by atoms with van der Waals surface area (Å²) in [4.78, 5) is 13.9. The molecule has 0 fully saturated rings. The molecule has 2 unspecified atom stereocenters. The van der Waals surface area contributed by atoms with Gasteiger partial charge in [0.25, 0.3) is 0 Å². The zero-order valence-corrected chi connectivity index (χ0v) is 11.7. The predicted molar refractivity (Wildman–Crippen MR) is 76.7 cm³/mol. The first-order valence-corrected chi connectivity index (χ1v) is 6.92. The van der Waals surface area contributed by atoms with Gasteiger partial charge in [-0.2, -0.15) is 0 Å². The van der Waals surface area contributed by atoms with Crippen LogP contribution in [0.5, 0.6) is 0 Å². The van der Waals surface area contributed by atoms with Crippen LogP contribution in [0.25, 0.3) is 0 Å². The standard InChI is InChI=1S/C15H23N3O/c1-11(9-17-15(19)12(2)16)18-8-7-13-5-3-4-6-14(13)10-18/h3-6,11-12H,7-10,16H2,1-2H3,(H,17,19). The summed E-state index contributed by atoms with van der Waals surface area (Å²) >= 11 is 0. The van der Waals surface area contributed by atoms with Gasteiger partial charge in [-0.25, -0.2) is 0 Å². The highest BCUT2D eigenvalue weighted by atomic mass is 16.2. The molecular weight excluding hydrogens is 238 g/mol. The van der Waals surface area contributed by atoms with Crippen molar-refractivity contribution in [2.24, 2.45) is 5.73 Å². The number of carbonyl (C=O) groups is 1. The number of hydrogen-bond donors (Lipinski definition) is 2. The number of nitrogens with one attached hydrogen (secondary N) is 1. The van der Waals surface area contributed by atoms with Gasteiger partial charge in [0, 0.05) is 25.7 Å². The summed E-state index contributed by atoms with van der Waals surface area (Å²) in [6, 6.07) is 8.47. The van der Waals surface area contributed by atoms with Crippen LogP contribution in [-0.2, 0) is 17.8 Å². The molecule has 0 aromatic heterocycles. The second-order valence-electron chi connectivity index (χ2n) is 5.37. The fourth-order valence-electron chi connectivity index (χ4n) is 2.43. The van der Waals surface area contributed by atoms with Crippen molar-refractivity contribution in [2.75, 3.05) is 13.1 Å². The van der Waals surface area contributed by atoms with Crippen molar-refractivity contribution in [3.8, 4) is 0 Å². The number of carbonyl (C=O) groups excluding carboxylic acids is 1. The third kappa shape index (κ3) is 3.55. The number of rotatable bonds is 4. The van der Waals surface area contributed by atoms with E-state index in [-0.39, 0.29) is 5.91 Å². The third-order valence-corrected chi connectivity index (χ3v) is 3.77. The van der Waals surface area contributed by atoms with Crippen molar-refractivity contribution in [3.63, 3.8) is 0 Å². The Morgan fingerprint density at radius 3 is 2.74 bits per heavy atom. The first-order chi connectivity index (χ1) is 9.08. The predicted octanol–water partition coefficient (Wildman–Crippen LogP) is 0.897. The number of benzene rings is 1. The Hall–Kier alpha value is -1.39. The quantitative estimate of drug-likeness (QED) is 0.846. The van der Waals surface area contributed by atoms with E-state index in [0.717, 1.165) is 19.5 Å². The molecule has 1 aliphatic rings. The maximum atomic E-state index is 11.5. The van der Waals surface area contributed by atoms with Gasteiger partial charge >= 0.3 is 0 Å². The van der Waals surface area contributed by atoms with Gasteiger partial charge in [0.2, 0.25) is 5.91 Å². The van der Waals surface area contributed by atoms with Crippen LogP contribution in [0.4, 0.5) is 0 Å². The molecule has 19 heavy (non-hydrogen) atoms. The fraction of sp³-hybridized carbons (Fsp3) is 0.533. The Morgan fingerprint density at radius 1 is 1.37 bits per heavy atom. The molecule has 1 heterocycles. The summed E-state index contributed by atoms with van der Waals surface area (Å²) < 4.78 is 0. The van der Waals surface area contributed by atoms with Crippen molar-refractivity contribution in [3.05, 3.63) is 35.4 Å². The van der Waals surface area contributed by atoms with Gasteiger partial charge in [-0.15, -0.1) is 0 Å². The second-order valence-corrected chi connectivity index (χ2v) is 5.37. The van der Waals surface area contributed by atoms with Gasteiger partial charge in [-0.1, -0.05) is 24.3 Å². The molecule has 3 N–H and O–H groups in total. The maximum Gasteiger partial charge on any atom is 0.236 e. The van der Waals surface area contributed by atoms with Crippen LogP contribution in [0, 0.1) is 0 Å². The lowest BCUT2D eigenvalue weighted by molar-refractivity contribution is -0.122. The van der Waals surface area contributed by atoms with Crippen molar-refractivity contribution in [1.82, 2.24) is 10.2 Å². The minimum Gasteiger partial charge on any atom is -0.353 e. The number of amides is 1. The lowest BCUT2D eigenvalue weighted by atomic mass is 9.99.